The molecule has 3 aromatic heterocycles. The number of thioether (sulfide) groups is 1. The van der Waals surface area contributed by atoms with Crippen LogP contribution >= 0.6 is 34.4 Å². The number of thiazole rings is 1. The fourth-order valence-corrected chi connectivity index (χ4v) is 6.02. The molecule has 6 nitrogen and oxygen atoms in total. The number of nitrogens with zero attached hydrogens (tertiary/aromatic N) is 5. The molecular formula is C19H17N5OS3. The zero-order valence-electron chi connectivity index (χ0n) is 14.9. The zero-order chi connectivity index (χ0) is 18.9. The Hall–Kier alpha value is -2.23. The summed E-state index contributed by atoms with van der Waals surface area (Å²) in [6, 6.07) is 10.1. The number of carbonyl (C=O) groups excluding carboxylic acids is 1. The van der Waals surface area contributed by atoms with Crippen LogP contribution in [0.25, 0.3) is 20.4 Å². The van der Waals surface area contributed by atoms with Crippen molar-refractivity contribution in [2.75, 3.05) is 36.8 Å². The van der Waals surface area contributed by atoms with E-state index in [1.807, 2.05) is 28.5 Å². The van der Waals surface area contributed by atoms with Gasteiger partial charge in [0.15, 0.2) is 4.34 Å². The van der Waals surface area contributed by atoms with Crippen LogP contribution in [-0.2, 0) is 4.79 Å². The lowest BCUT2D eigenvalue weighted by molar-refractivity contribution is -0.128. The Morgan fingerprint density at radius 2 is 1.96 bits per heavy atom. The number of piperazine rings is 1. The van der Waals surface area contributed by atoms with Gasteiger partial charge in [-0.25, -0.2) is 15.0 Å². The normalized spacial score (nSPS) is 14.9. The monoisotopic (exact) mass is 427 g/mol. The number of thiophene rings is 1. The van der Waals surface area contributed by atoms with E-state index in [9.17, 15) is 4.79 Å². The van der Waals surface area contributed by atoms with Crippen LogP contribution < -0.4 is 4.90 Å². The number of hydrogen-bond acceptors (Lipinski definition) is 8. The van der Waals surface area contributed by atoms with Gasteiger partial charge >= 0.3 is 0 Å². The van der Waals surface area contributed by atoms with Gasteiger partial charge in [-0.15, -0.1) is 22.7 Å². The summed E-state index contributed by atoms with van der Waals surface area (Å²) in [6.45, 7) is 3.02. The Morgan fingerprint density at radius 1 is 1.11 bits per heavy atom. The van der Waals surface area contributed by atoms with Gasteiger partial charge in [-0.2, -0.15) is 0 Å². The van der Waals surface area contributed by atoms with Crippen molar-refractivity contribution in [3.63, 3.8) is 0 Å². The molecule has 0 aliphatic carbocycles. The Balaban J connectivity index is 1.19. The summed E-state index contributed by atoms with van der Waals surface area (Å²) in [5.74, 6) is 1.58. The Kier molecular flexibility index (Phi) is 4.87. The molecule has 142 valence electrons. The van der Waals surface area contributed by atoms with Crippen LogP contribution in [0.3, 0.4) is 0 Å². The first kappa shape index (κ1) is 17.8. The van der Waals surface area contributed by atoms with Gasteiger partial charge in [-0.05, 0) is 23.6 Å². The van der Waals surface area contributed by atoms with Crippen LogP contribution in [0.4, 0.5) is 5.82 Å². The van der Waals surface area contributed by atoms with Crippen molar-refractivity contribution in [2.24, 2.45) is 0 Å². The third-order valence-electron chi connectivity index (χ3n) is 4.77. The van der Waals surface area contributed by atoms with E-state index in [0.29, 0.717) is 5.75 Å². The third kappa shape index (κ3) is 3.45. The number of aromatic nitrogens is 3. The van der Waals surface area contributed by atoms with E-state index in [2.05, 4.69) is 32.0 Å². The summed E-state index contributed by atoms with van der Waals surface area (Å²) in [6.07, 6.45) is 1.63. The van der Waals surface area contributed by atoms with E-state index in [1.54, 1.807) is 29.0 Å². The van der Waals surface area contributed by atoms with Gasteiger partial charge in [0.1, 0.15) is 17.0 Å². The highest BCUT2D eigenvalue weighted by Crippen LogP contribution is 2.30. The second kappa shape index (κ2) is 7.65. The standard InChI is InChI=1S/C19H17N5OS3/c25-16(11-27-19-22-14-3-1-2-4-15(14)28-19)23-6-8-24(9-7-23)17-13-5-10-26-18(13)21-12-20-17/h1-5,10,12H,6-9,11H2. The maximum absolute atomic E-state index is 12.6. The van der Waals surface area contributed by atoms with Crippen molar-refractivity contribution >= 4 is 66.6 Å². The van der Waals surface area contributed by atoms with Gasteiger partial charge in [0, 0.05) is 26.2 Å². The fraction of sp³-hybridized carbons (Fsp3) is 0.263. The summed E-state index contributed by atoms with van der Waals surface area (Å²) in [4.78, 5) is 31.2. The molecule has 0 spiro atoms. The number of rotatable bonds is 4. The highest BCUT2D eigenvalue weighted by molar-refractivity contribution is 8.01. The lowest BCUT2D eigenvalue weighted by atomic mass is 10.2. The lowest BCUT2D eigenvalue weighted by Gasteiger charge is -2.35. The molecule has 1 aliphatic heterocycles. The number of para-hydroxylation sites is 1. The molecule has 4 aromatic rings. The number of fused-ring (bicyclic) bond motifs is 2. The number of anilines is 1. The molecule has 1 aliphatic rings. The van der Waals surface area contributed by atoms with Crippen molar-refractivity contribution in [1.29, 1.82) is 0 Å². The van der Waals surface area contributed by atoms with Gasteiger partial charge in [0.25, 0.3) is 0 Å². The van der Waals surface area contributed by atoms with E-state index >= 15 is 0 Å². The average Bonchev–Trinajstić information content (AvgIpc) is 3.38. The predicted molar refractivity (Wildman–Crippen MR) is 117 cm³/mol. The summed E-state index contributed by atoms with van der Waals surface area (Å²) >= 11 is 4.80. The topological polar surface area (TPSA) is 62.2 Å². The van der Waals surface area contributed by atoms with E-state index in [0.717, 1.165) is 56.8 Å². The molecule has 0 atom stereocenters. The van der Waals surface area contributed by atoms with Gasteiger partial charge < -0.3 is 9.80 Å². The second-order valence-electron chi connectivity index (χ2n) is 6.44. The molecule has 0 saturated carbocycles. The molecule has 1 saturated heterocycles. The maximum Gasteiger partial charge on any atom is 0.233 e. The van der Waals surface area contributed by atoms with E-state index in [-0.39, 0.29) is 5.91 Å². The molecule has 28 heavy (non-hydrogen) atoms. The molecule has 1 aromatic carbocycles. The van der Waals surface area contributed by atoms with Crippen LogP contribution in [0.2, 0.25) is 0 Å². The van der Waals surface area contributed by atoms with Crippen LogP contribution in [0, 0.1) is 0 Å². The second-order valence-corrected chi connectivity index (χ2v) is 9.59. The maximum atomic E-state index is 12.6. The summed E-state index contributed by atoms with van der Waals surface area (Å²) < 4.78 is 2.12. The smallest absolute Gasteiger partial charge is 0.233 e. The Bertz CT molecular complexity index is 1100. The van der Waals surface area contributed by atoms with E-state index in [1.165, 1.54) is 11.8 Å². The van der Waals surface area contributed by atoms with E-state index < -0.39 is 0 Å². The third-order valence-corrected chi connectivity index (χ3v) is 7.75. The number of benzene rings is 1. The van der Waals surface area contributed by atoms with Crippen molar-refractivity contribution in [1.82, 2.24) is 19.9 Å². The first-order valence-electron chi connectivity index (χ1n) is 8.97. The van der Waals surface area contributed by atoms with Crippen LogP contribution in [0.15, 0.2) is 46.4 Å². The molecule has 1 amide bonds. The SMILES string of the molecule is O=C(CSc1nc2ccccc2s1)N1CCN(c2ncnc3sccc23)CC1. The number of amides is 1. The van der Waals surface area contributed by atoms with Crippen LogP contribution in [0.5, 0.6) is 0 Å². The van der Waals surface area contributed by atoms with Gasteiger partial charge in [-0.1, -0.05) is 23.9 Å². The molecule has 4 heterocycles. The first-order valence-corrected chi connectivity index (χ1v) is 11.7. The van der Waals surface area contributed by atoms with Gasteiger partial charge in [0.05, 0.1) is 21.4 Å². The average molecular weight is 428 g/mol. The number of carbonyl (C=O) groups is 1. The zero-order valence-corrected chi connectivity index (χ0v) is 17.4. The first-order chi connectivity index (χ1) is 13.8. The van der Waals surface area contributed by atoms with Crippen molar-refractivity contribution < 1.29 is 4.79 Å². The van der Waals surface area contributed by atoms with Gasteiger partial charge in [0.2, 0.25) is 5.91 Å². The summed E-state index contributed by atoms with van der Waals surface area (Å²) in [5, 5.41) is 3.14. The molecule has 0 unspecified atom stereocenters. The van der Waals surface area contributed by atoms with Crippen LogP contribution in [0.1, 0.15) is 0 Å². The van der Waals surface area contributed by atoms with Crippen LogP contribution in [-0.4, -0.2) is 57.7 Å². The van der Waals surface area contributed by atoms with E-state index in [4.69, 9.17) is 0 Å². The van der Waals surface area contributed by atoms with Gasteiger partial charge in [-0.3, -0.25) is 4.79 Å². The highest BCUT2D eigenvalue weighted by atomic mass is 32.2. The quantitative estimate of drug-likeness (QED) is 0.463. The summed E-state index contributed by atoms with van der Waals surface area (Å²) in [7, 11) is 0. The predicted octanol–water partition coefficient (Wildman–Crippen LogP) is 3.74. The minimum Gasteiger partial charge on any atom is -0.352 e. The molecule has 5 rings (SSSR count). The largest absolute Gasteiger partial charge is 0.352 e. The summed E-state index contributed by atoms with van der Waals surface area (Å²) in [5.41, 5.74) is 1.00. The fourth-order valence-electron chi connectivity index (χ4n) is 3.32. The Morgan fingerprint density at radius 3 is 2.82 bits per heavy atom. The number of hydrogen-bond donors (Lipinski definition) is 0. The molecule has 0 bridgehead atoms. The molecule has 1 fully saturated rings. The highest BCUT2D eigenvalue weighted by Gasteiger charge is 2.23. The molecule has 9 heteroatoms. The minimum atomic E-state index is 0.173. The van der Waals surface area contributed by atoms with Crippen molar-refractivity contribution in [2.45, 2.75) is 4.34 Å². The van der Waals surface area contributed by atoms with Crippen molar-refractivity contribution in [3.8, 4) is 0 Å². The Labute approximate surface area is 174 Å². The lowest BCUT2D eigenvalue weighted by Crippen LogP contribution is -2.49. The molecule has 0 N–H and O–H groups in total. The minimum absolute atomic E-state index is 0.173. The van der Waals surface area contributed by atoms with Crippen molar-refractivity contribution in [3.05, 3.63) is 42.0 Å². The molecule has 0 radical (unpaired) electrons. The molecular weight excluding hydrogens is 410 g/mol.